The normalized spacial score (nSPS) is 15.1. The van der Waals surface area contributed by atoms with Crippen LogP contribution >= 0.6 is 0 Å². The van der Waals surface area contributed by atoms with Crippen molar-refractivity contribution in [3.63, 3.8) is 0 Å². The number of benzene rings is 2. The van der Waals surface area contributed by atoms with Crippen LogP contribution < -0.4 is 10.0 Å². The van der Waals surface area contributed by atoms with Crippen LogP contribution in [0.2, 0.25) is 0 Å². The van der Waals surface area contributed by atoms with Gasteiger partial charge in [-0.1, -0.05) is 43.7 Å². The first-order valence-electron chi connectivity index (χ1n) is 10.9. The third-order valence-corrected chi connectivity index (χ3v) is 7.77. The molecule has 8 heteroatoms. The van der Waals surface area contributed by atoms with Crippen molar-refractivity contribution < 1.29 is 18.0 Å². The number of nitrogens with two attached hydrogens (primary N) is 1. The molecule has 2 aromatic carbocycles. The summed E-state index contributed by atoms with van der Waals surface area (Å²) in [7, 11) is -3.95. The van der Waals surface area contributed by atoms with Crippen LogP contribution in [0, 0.1) is 12.8 Å². The number of sulfonamides is 1. The smallest absolute Gasteiger partial charge is 0.264 e. The maximum atomic E-state index is 13.5. The van der Waals surface area contributed by atoms with Crippen LogP contribution in [0.1, 0.15) is 43.7 Å². The lowest BCUT2D eigenvalue weighted by molar-refractivity contribution is -0.133. The van der Waals surface area contributed by atoms with Gasteiger partial charge in [0.15, 0.2) is 0 Å². The molecule has 172 valence electrons. The lowest BCUT2D eigenvalue weighted by Gasteiger charge is -2.33. The number of nitrogens with zero attached hydrogens (tertiary/aromatic N) is 2. The van der Waals surface area contributed by atoms with Crippen molar-refractivity contribution in [3.8, 4) is 0 Å². The second-order valence-corrected chi connectivity index (χ2v) is 10.5. The van der Waals surface area contributed by atoms with Crippen LogP contribution in [0.4, 0.5) is 5.69 Å². The lowest BCUT2D eigenvalue weighted by atomic mass is 9.96. The lowest BCUT2D eigenvalue weighted by Crippen LogP contribution is -2.47. The number of carbonyl (C=O) groups excluding carboxylic acids is 2. The van der Waals surface area contributed by atoms with Crippen molar-refractivity contribution >= 4 is 27.5 Å². The second kappa shape index (κ2) is 9.73. The van der Waals surface area contributed by atoms with Crippen LogP contribution in [-0.4, -0.2) is 44.8 Å². The van der Waals surface area contributed by atoms with Gasteiger partial charge in [0.05, 0.1) is 10.6 Å². The largest absolute Gasteiger partial charge is 0.369 e. The fourth-order valence-corrected chi connectivity index (χ4v) is 5.23. The molecule has 0 aromatic heterocycles. The predicted molar refractivity (Wildman–Crippen MR) is 125 cm³/mol. The fraction of sp³-hybridized carbons (Fsp3) is 0.417. The van der Waals surface area contributed by atoms with Crippen LogP contribution in [0.5, 0.6) is 0 Å². The molecular weight excluding hydrogens is 426 g/mol. The van der Waals surface area contributed by atoms with Gasteiger partial charge in [-0.25, -0.2) is 8.42 Å². The standard InChI is InChI=1S/C24H31N3O4S/c1-17(2)19-6-8-21(9-7-19)27(32(30,31)22-10-4-18(3)5-11-22)16-23(28)26-14-12-20(13-15-26)24(25)29/h4-11,17,20H,12-16H2,1-3H3,(H2,25,29). The number of likely N-dealkylation sites (tertiary alicyclic amines) is 1. The molecule has 0 bridgehead atoms. The summed E-state index contributed by atoms with van der Waals surface area (Å²) in [5.41, 5.74) is 7.85. The van der Waals surface area contributed by atoms with Crippen molar-refractivity contribution in [3.05, 3.63) is 59.7 Å². The summed E-state index contributed by atoms with van der Waals surface area (Å²) in [5, 5.41) is 0. The molecular formula is C24H31N3O4S. The number of anilines is 1. The summed E-state index contributed by atoms with van der Waals surface area (Å²) in [6, 6.07) is 13.9. The van der Waals surface area contributed by atoms with Gasteiger partial charge in [0.2, 0.25) is 11.8 Å². The third-order valence-electron chi connectivity index (χ3n) is 5.99. The van der Waals surface area contributed by atoms with Crippen LogP contribution in [0.3, 0.4) is 0 Å². The van der Waals surface area contributed by atoms with Crippen molar-refractivity contribution in [2.24, 2.45) is 11.7 Å². The number of hydrogen-bond donors (Lipinski definition) is 1. The van der Waals surface area contributed by atoms with Crippen molar-refractivity contribution in [1.29, 1.82) is 0 Å². The average molecular weight is 458 g/mol. The topological polar surface area (TPSA) is 101 Å². The zero-order valence-electron chi connectivity index (χ0n) is 18.8. The highest BCUT2D eigenvalue weighted by Gasteiger charge is 2.31. The molecule has 2 N–H and O–H groups in total. The molecule has 3 rings (SSSR count). The summed E-state index contributed by atoms with van der Waals surface area (Å²) in [5.74, 6) is -0.586. The zero-order chi connectivity index (χ0) is 23.5. The molecule has 1 aliphatic rings. The number of hydrogen-bond acceptors (Lipinski definition) is 4. The molecule has 7 nitrogen and oxygen atoms in total. The quantitative estimate of drug-likeness (QED) is 0.690. The van der Waals surface area contributed by atoms with E-state index in [4.69, 9.17) is 5.73 Å². The average Bonchev–Trinajstić information content (AvgIpc) is 2.77. The Kier molecular flexibility index (Phi) is 7.23. The number of amides is 2. The molecule has 0 radical (unpaired) electrons. The summed E-state index contributed by atoms with van der Waals surface area (Å²) < 4.78 is 28.2. The van der Waals surface area contributed by atoms with E-state index < -0.39 is 10.0 Å². The van der Waals surface area contributed by atoms with Crippen molar-refractivity contribution in [2.45, 2.75) is 44.4 Å². The van der Waals surface area contributed by atoms with Crippen molar-refractivity contribution in [1.82, 2.24) is 4.90 Å². The molecule has 0 atom stereocenters. The highest BCUT2D eigenvalue weighted by atomic mass is 32.2. The van der Waals surface area contributed by atoms with E-state index in [0.29, 0.717) is 37.5 Å². The first-order valence-corrected chi connectivity index (χ1v) is 12.3. The van der Waals surface area contributed by atoms with E-state index in [9.17, 15) is 18.0 Å². The van der Waals surface area contributed by atoms with E-state index >= 15 is 0 Å². The Morgan fingerprint density at radius 3 is 2.09 bits per heavy atom. The molecule has 0 unspecified atom stereocenters. The van der Waals surface area contributed by atoms with Crippen molar-refractivity contribution in [2.75, 3.05) is 23.9 Å². The number of primary amides is 1. The minimum atomic E-state index is -3.95. The van der Waals surface area contributed by atoms with E-state index in [2.05, 4.69) is 13.8 Å². The molecule has 1 fully saturated rings. The Bertz CT molecular complexity index is 1060. The summed E-state index contributed by atoms with van der Waals surface area (Å²) >= 11 is 0. The van der Waals surface area contributed by atoms with Gasteiger partial charge in [0.1, 0.15) is 6.54 Å². The van der Waals surface area contributed by atoms with E-state index in [1.54, 1.807) is 41.3 Å². The Morgan fingerprint density at radius 2 is 1.59 bits per heavy atom. The third kappa shape index (κ3) is 5.30. The summed E-state index contributed by atoms with van der Waals surface area (Å²) in [4.78, 5) is 26.2. The fourth-order valence-electron chi connectivity index (χ4n) is 3.81. The number of carbonyl (C=O) groups is 2. The molecule has 1 aliphatic heterocycles. The van der Waals surface area contributed by atoms with Gasteiger partial charge >= 0.3 is 0 Å². The van der Waals surface area contributed by atoms with Gasteiger partial charge in [-0.2, -0.15) is 0 Å². The van der Waals surface area contributed by atoms with Crippen LogP contribution in [0.25, 0.3) is 0 Å². The van der Waals surface area contributed by atoms with Gasteiger partial charge in [-0.05, 0) is 55.5 Å². The first kappa shape index (κ1) is 23.8. The van der Waals surface area contributed by atoms with Gasteiger partial charge < -0.3 is 10.6 Å². The summed E-state index contributed by atoms with van der Waals surface area (Å²) in [6.45, 7) is 6.48. The molecule has 2 aromatic rings. The minimum Gasteiger partial charge on any atom is -0.369 e. The van der Waals surface area contributed by atoms with Crippen LogP contribution in [-0.2, 0) is 19.6 Å². The first-order chi connectivity index (χ1) is 15.1. The monoisotopic (exact) mass is 457 g/mol. The molecule has 1 heterocycles. The highest BCUT2D eigenvalue weighted by molar-refractivity contribution is 7.92. The predicted octanol–water partition coefficient (Wildman–Crippen LogP) is 3.04. The van der Waals surface area contributed by atoms with Gasteiger partial charge in [0.25, 0.3) is 10.0 Å². The molecule has 1 saturated heterocycles. The molecule has 2 amide bonds. The highest BCUT2D eigenvalue weighted by Crippen LogP contribution is 2.27. The van der Waals surface area contributed by atoms with E-state index in [0.717, 1.165) is 11.1 Å². The van der Waals surface area contributed by atoms with Gasteiger partial charge in [-0.3, -0.25) is 13.9 Å². The Balaban J connectivity index is 1.89. The van der Waals surface area contributed by atoms with E-state index in [1.807, 2.05) is 19.1 Å². The van der Waals surface area contributed by atoms with E-state index in [-0.39, 0.29) is 29.2 Å². The molecule has 0 saturated carbocycles. The van der Waals surface area contributed by atoms with Gasteiger partial charge in [-0.15, -0.1) is 0 Å². The minimum absolute atomic E-state index is 0.135. The number of rotatable bonds is 7. The Labute approximate surface area is 190 Å². The molecule has 32 heavy (non-hydrogen) atoms. The molecule has 0 aliphatic carbocycles. The second-order valence-electron chi connectivity index (χ2n) is 8.63. The summed E-state index contributed by atoms with van der Waals surface area (Å²) in [6.07, 6.45) is 0.990. The Hall–Kier alpha value is -2.87. The maximum Gasteiger partial charge on any atom is 0.264 e. The zero-order valence-corrected chi connectivity index (χ0v) is 19.6. The van der Waals surface area contributed by atoms with E-state index in [1.165, 1.54) is 4.31 Å². The SMILES string of the molecule is Cc1ccc(S(=O)(=O)N(CC(=O)N2CCC(C(N)=O)CC2)c2ccc(C(C)C)cc2)cc1. The number of aryl methyl sites for hydroxylation is 1. The Morgan fingerprint density at radius 1 is 1.03 bits per heavy atom. The van der Waals surface area contributed by atoms with Gasteiger partial charge in [0, 0.05) is 19.0 Å². The maximum absolute atomic E-state index is 13.5. The molecule has 0 spiro atoms. The number of piperidine rings is 1. The van der Waals surface area contributed by atoms with Crippen LogP contribution in [0.15, 0.2) is 53.4 Å².